The summed E-state index contributed by atoms with van der Waals surface area (Å²) in [6, 6.07) is 10.7. The minimum atomic E-state index is -0.347. The highest BCUT2D eigenvalue weighted by molar-refractivity contribution is 7.13. The van der Waals surface area contributed by atoms with Gasteiger partial charge >= 0.3 is 0 Å². The van der Waals surface area contributed by atoms with Gasteiger partial charge < -0.3 is 4.52 Å². The first kappa shape index (κ1) is 13.6. The summed E-state index contributed by atoms with van der Waals surface area (Å²) in [5.74, 6) is 0.228. The minimum Gasteiger partial charge on any atom is -0.334 e. The van der Waals surface area contributed by atoms with E-state index < -0.39 is 0 Å². The van der Waals surface area contributed by atoms with Crippen molar-refractivity contribution in [3.05, 3.63) is 53.9 Å². The Balaban J connectivity index is 1.62. The molecular weight excluding hydrogens is 314 g/mol. The molecule has 2 aromatic heterocycles. The van der Waals surface area contributed by atoms with Crippen LogP contribution in [0.3, 0.4) is 0 Å². The van der Waals surface area contributed by atoms with E-state index in [1.165, 1.54) is 23.5 Å². The van der Waals surface area contributed by atoms with Crippen molar-refractivity contribution < 1.29 is 14.1 Å². The normalized spacial score (nSPS) is 14.0. The molecule has 3 aromatic rings. The zero-order valence-electron chi connectivity index (χ0n) is 11.7. The Kier molecular flexibility index (Phi) is 3.13. The lowest BCUT2D eigenvalue weighted by atomic mass is 10.2. The Bertz CT molecular complexity index is 892. The first-order valence-corrected chi connectivity index (χ1v) is 7.64. The van der Waals surface area contributed by atoms with Gasteiger partial charge in [-0.2, -0.15) is 4.98 Å². The van der Waals surface area contributed by atoms with Crippen molar-refractivity contribution in [2.75, 3.05) is 4.90 Å². The predicted octanol–water partition coefficient (Wildman–Crippen LogP) is 2.89. The lowest BCUT2D eigenvalue weighted by Gasteiger charge is -2.13. The van der Waals surface area contributed by atoms with E-state index in [-0.39, 0.29) is 11.8 Å². The van der Waals surface area contributed by atoms with Crippen molar-refractivity contribution in [3.8, 4) is 22.2 Å². The third-order valence-corrected chi connectivity index (χ3v) is 4.22. The molecule has 0 fully saturated rings. The van der Waals surface area contributed by atoms with Crippen LogP contribution in [-0.2, 0) is 9.59 Å². The molecule has 7 heteroatoms. The van der Waals surface area contributed by atoms with Crippen LogP contribution in [0.15, 0.2) is 58.5 Å². The van der Waals surface area contributed by atoms with E-state index in [0.717, 1.165) is 15.3 Å². The fourth-order valence-corrected chi connectivity index (χ4v) is 2.90. The zero-order chi connectivity index (χ0) is 15.8. The Hall–Kier alpha value is -3.06. The topological polar surface area (TPSA) is 76.3 Å². The van der Waals surface area contributed by atoms with Gasteiger partial charge in [-0.3, -0.25) is 9.59 Å². The molecule has 1 aliphatic heterocycles. The van der Waals surface area contributed by atoms with Gasteiger partial charge in [0.05, 0.1) is 10.6 Å². The number of rotatable bonds is 3. The average molecular weight is 323 g/mol. The molecule has 23 heavy (non-hydrogen) atoms. The molecule has 0 saturated heterocycles. The van der Waals surface area contributed by atoms with E-state index in [2.05, 4.69) is 10.1 Å². The van der Waals surface area contributed by atoms with E-state index in [1.807, 2.05) is 17.5 Å². The van der Waals surface area contributed by atoms with Crippen LogP contribution in [0, 0.1) is 0 Å². The number of nitrogens with zero attached hydrogens (tertiary/aromatic N) is 3. The average Bonchev–Trinajstić information content (AvgIpc) is 3.28. The maximum Gasteiger partial charge on any atom is 0.258 e. The largest absolute Gasteiger partial charge is 0.334 e. The molecule has 1 aliphatic rings. The molecule has 0 bridgehead atoms. The molecule has 112 valence electrons. The van der Waals surface area contributed by atoms with Crippen LogP contribution in [0.1, 0.15) is 0 Å². The van der Waals surface area contributed by atoms with E-state index in [1.54, 1.807) is 24.3 Å². The number of amides is 2. The van der Waals surface area contributed by atoms with Gasteiger partial charge in [0.1, 0.15) is 0 Å². The lowest BCUT2D eigenvalue weighted by Crippen LogP contribution is -2.29. The van der Waals surface area contributed by atoms with Crippen molar-refractivity contribution in [3.63, 3.8) is 0 Å². The number of carbonyl (C=O) groups is 2. The maximum atomic E-state index is 11.7. The highest BCUT2D eigenvalue weighted by Crippen LogP contribution is 2.27. The number of anilines is 1. The molecule has 3 heterocycles. The molecule has 2 amide bonds. The van der Waals surface area contributed by atoms with Crippen LogP contribution in [0.2, 0.25) is 0 Å². The third-order valence-electron chi connectivity index (χ3n) is 3.35. The van der Waals surface area contributed by atoms with Crippen LogP contribution in [-0.4, -0.2) is 22.0 Å². The van der Waals surface area contributed by atoms with Crippen molar-refractivity contribution in [1.29, 1.82) is 0 Å². The summed E-state index contributed by atoms with van der Waals surface area (Å²) in [4.78, 5) is 29.7. The van der Waals surface area contributed by atoms with Gasteiger partial charge in [-0.1, -0.05) is 11.2 Å². The van der Waals surface area contributed by atoms with Gasteiger partial charge in [0.25, 0.3) is 17.7 Å². The highest BCUT2D eigenvalue weighted by Gasteiger charge is 2.25. The number of imide groups is 1. The summed E-state index contributed by atoms with van der Waals surface area (Å²) in [6.07, 6.45) is 2.50. The van der Waals surface area contributed by atoms with Crippen LogP contribution < -0.4 is 4.90 Å². The predicted molar refractivity (Wildman–Crippen MR) is 84.7 cm³/mol. The number of hydrogen-bond donors (Lipinski definition) is 0. The fraction of sp³-hybridized carbons (Fsp3) is 0. The summed E-state index contributed by atoms with van der Waals surface area (Å²) < 4.78 is 5.27. The molecule has 0 N–H and O–H groups in total. The molecule has 0 saturated carbocycles. The van der Waals surface area contributed by atoms with Gasteiger partial charge in [-0.25, -0.2) is 4.90 Å². The minimum absolute atomic E-state index is 0.347. The Morgan fingerprint density at radius 3 is 2.39 bits per heavy atom. The zero-order valence-corrected chi connectivity index (χ0v) is 12.5. The van der Waals surface area contributed by atoms with Crippen LogP contribution in [0.4, 0.5) is 5.69 Å². The van der Waals surface area contributed by atoms with Gasteiger partial charge in [-0.05, 0) is 35.7 Å². The lowest BCUT2D eigenvalue weighted by molar-refractivity contribution is -0.119. The molecule has 6 nitrogen and oxygen atoms in total. The molecule has 0 spiro atoms. The highest BCUT2D eigenvalue weighted by atomic mass is 32.1. The molecule has 0 aliphatic carbocycles. The molecule has 0 atom stereocenters. The molecule has 0 radical (unpaired) electrons. The van der Waals surface area contributed by atoms with Crippen LogP contribution in [0.25, 0.3) is 22.2 Å². The van der Waals surface area contributed by atoms with Crippen LogP contribution in [0.5, 0.6) is 0 Å². The van der Waals surface area contributed by atoms with Crippen molar-refractivity contribution in [2.24, 2.45) is 0 Å². The molecule has 0 unspecified atom stereocenters. The molecular formula is C16H9N3O3S. The summed E-state index contributed by atoms with van der Waals surface area (Å²) >= 11 is 1.53. The Labute approximate surface area is 134 Å². The number of benzene rings is 1. The van der Waals surface area contributed by atoms with Crippen molar-refractivity contribution in [1.82, 2.24) is 10.1 Å². The number of carbonyl (C=O) groups excluding carboxylic acids is 2. The van der Waals surface area contributed by atoms with Gasteiger partial charge in [-0.15, -0.1) is 11.3 Å². The Morgan fingerprint density at radius 2 is 1.74 bits per heavy atom. The van der Waals surface area contributed by atoms with E-state index in [9.17, 15) is 9.59 Å². The fourth-order valence-electron chi connectivity index (χ4n) is 2.25. The summed E-state index contributed by atoms with van der Waals surface area (Å²) in [7, 11) is 0. The van der Waals surface area contributed by atoms with Gasteiger partial charge in [0.2, 0.25) is 5.82 Å². The van der Waals surface area contributed by atoms with E-state index >= 15 is 0 Å². The quantitative estimate of drug-likeness (QED) is 0.693. The number of aromatic nitrogens is 2. The van der Waals surface area contributed by atoms with Crippen molar-refractivity contribution in [2.45, 2.75) is 0 Å². The first-order valence-electron chi connectivity index (χ1n) is 6.76. The second-order valence-corrected chi connectivity index (χ2v) is 5.74. The number of thiophene rings is 1. The second-order valence-electron chi connectivity index (χ2n) is 4.79. The van der Waals surface area contributed by atoms with Gasteiger partial charge in [0, 0.05) is 17.7 Å². The maximum absolute atomic E-state index is 11.7. The smallest absolute Gasteiger partial charge is 0.258 e. The number of hydrogen-bond acceptors (Lipinski definition) is 6. The summed E-state index contributed by atoms with van der Waals surface area (Å²) in [5.41, 5.74) is 1.22. The van der Waals surface area contributed by atoms with E-state index in [4.69, 9.17) is 4.52 Å². The summed E-state index contributed by atoms with van der Waals surface area (Å²) in [5, 5.41) is 5.90. The monoisotopic (exact) mass is 323 g/mol. The van der Waals surface area contributed by atoms with Crippen LogP contribution >= 0.6 is 11.3 Å². The molecule has 1 aromatic carbocycles. The Morgan fingerprint density at radius 1 is 1.00 bits per heavy atom. The third kappa shape index (κ3) is 2.36. The van der Waals surface area contributed by atoms with Crippen molar-refractivity contribution >= 4 is 28.8 Å². The van der Waals surface area contributed by atoms with Gasteiger partial charge in [0.15, 0.2) is 0 Å². The van der Waals surface area contributed by atoms with E-state index in [0.29, 0.717) is 17.4 Å². The second kappa shape index (κ2) is 5.29. The first-order chi connectivity index (χ1) is 11.2. The summed E-state index contributed by atoms with van der Waals surface area (Å²) in [6.45, 7) is 0. The molecule has 4 rings (SSSR count). The SMILES string of the molecule is O=C1C=CC(=O)N1c1ccc(-c2nc(-c3cccs3)no2)cc1. The standard InChI is InChI=1S/C16H9N3O3S/c20-13-7-8-14(21)19(13)11-5-3-10(4-6-11)16-17-15(18-22-16)12-2-1-9-23-12/h1-9H.